The summed E-state index contributed by atoms with van der Waals surface area (Å²) in [5.74, 6) is -0.467. The average Bonchev–Trinajstić information content (AvgIpc) is 2.22. The molecule has 0 spiro atoms. The van der Waals surface area contributed by atoms with Gasteiger partial charge in [-0.3, -0.25) is 0 Å². The second-order valence-corrected chi connectivity index (χ2v) is 3.97. The van der Waals surface area contributed by atoms with Crippen LogP contribution in [0, 0.1) is 12.7 Å². The lowest BCUT2D eigenvalue weighted by molar-refractivity contribution is 0.139. The molecule has 0 unspecified atom stereocenters. The van der Waals surface area contributed by atoms with Crippen molar-refractivity contribution in [3.8, 4) is 0 Å². The van der Waals surface area contributed by atoms with Crippen LogP contribution in [0.5, 0.6) is 0 Å². The van der Waals surface area contributed by atoms with Crippen molar-refractivity contribution in [2.24, 2.45) is 5.73 Å². The quantitative estimate of drug-likeness (QED) is 0.885. The summed E-state index contributed by atoms with van der Waals surface area (Å²) in [7, 11) is 0. The van der Waals surface area contributed by atoms with E-state index in [1.165, 1.54) is 6.07 Å². The molecule has 0 bridgehead atoms. The maximum Gasteiger partial charge on any atom is 0.129 e. The molecule has 0 aliphatic rings. The molecule has 0 radical (unpaired) electrons. The predicted molar refractivity (Wildman–Crippen MR) is 66.6 cm³/mol. The molecule has 0 amide bonds. The van der Waals surface area contributed by atoms with E-state index in [0.29, 0.717) is 11.4 Å². The summed E-state index contributed by atoms with van der Waals surface area (Å²) in [6.07, 6.45) is -0.316. The Bertz CT molecular complexity index is 360. The Morgan fingerprint density at radius 3 is 2.56 bits per heavy atom. The summed E-state index contributed by atoms with van der Waals surface area (Å²) in [6, 6.07) is 2.13. The van der Waals surface area contributed by atoms with Crippen molar-refractivity contribution in [3.63, 3.8) is 0 Å². The first-order valence-electron chi connectivity index (χ1n) is 4.87. The van der Waals surface area contributed by atoms with Gasteiger partial charge < -0.3 is 10.8 Å². The lowest BCUT2D eigenvalue weighted by atomic mass is 9.98. The van der Waals surface area contributed by atoms with Crippen LogP contribution in [0.25, 0.3) is 0 Å². The van der Waals surface area contributed by atoms with Gasteiger partial charge in [-0.1, -0.05) is 24.6 Å². The molecule has 3 N–H and O–H groups in total. The zero-order valence-electron chi connectivity index (χ0n) is 9.21. The van der Waals surface area contributed by atoms with E-state index in [2.05, 4.69) is 0 Å². The van der Waals surface area contributed by atoms with Gasteiger partial charge in [-0.15, -0.1) is 12.4 Å². The maximum atomic E-state index is 13.5. The van der Waals surface area contributed by atoms with Crippen LogP contribution in [0.4, 0.5) is 4.39 Å². The molecular weight excluding hydrogens is 252 g/mol. The van der Waals surface area contributed by atoms with Crippen LogP contribution in [0.1, 0.15) is 30.5 Å². The Labute approximate surface area is 106 Å². The van der Waals surface area contributed by atoms with Crippen LogP contribution in [0.3, 0.4) is 0 Å². The third-order valence-corrected chi connectivity index (χ3v) is 2.99. The molecular formula is C11H16Cl2FNO. The Balaban J connectivity index is 0.00000225. The summed E-state index contributed by atoms with van der Waals surface area (Å²) in [5, 5.41) is 9.87. The van der Waals surface area contributed by atoms with E-state index in [4.69, 9.17) is 17.3 Å². The number of hydrogen-bond acceptors (Lipinski definition) is 2. The fraction of sp³-hybridized carbons (Fsp3) is 0.455. The summed E-state index contributed by atoms with van der Waals surface area (Å²) in [4.78, 5) is 0. The molecule has 0 heterocycles. The zero-order valence-corrected chi connectivity index (χ0v) is 10.8. The minimum absolute atomic E-state index is 0. The molecule has 0 saturated heterocycles. The summed E-state index contributed by atoms with van der Waals surface area (Å²) in [6.45, 7) is 3.56. The number of aliphatic hydroxyl groups excluding tert-OH is 1. The van der Waals surface area contributed by atoms with Crippen LogP contribution < -0.4 is 5.73 Å². The van der Waals surface area contributed by atoms with Crippen molar-refractivity contribution in [1.82, 2.24) is 0 Å². The van der Waals surface area contributed by atoms with Crippen molar-refractivity contribution in [1.29, 1.82) is 0 Å². The van der Waals surface area contributed by atoms with Gasteiger partial charge in [0.1, 0.15) is 5.82 Å². The van der Waals surface area contributed by atoms with Crippen molar-refractivity contribution >= 4 is 24.0 Å². The van der Waals surface area contributed by atoms with Gasteiger partial charge in [0.2, 0.25) is 0 Å². The average molecular weight is 268 g/mol. The van der Waals surface area contributed by atoms with Gasteiger partial charge in [-0.05, 0) is 25.0 Å². The highest BCUT2D eigenvalue weighted by Gasteiger charge is 2.22. The number of aliphatic hydroxyl groups is 1. The Morgan fingerprint density at radius 1 is 1.50 bits per heavy atom. The minimum atomic E-state index is -0.779. The van der Waals surface area contributed by atoms with Gasteiger partial charge in [-0.2, -0.15) is 0 Å². The monoisotopic (exact) mass is 267 g/mol. The molecule has 5 heteroatoms. The highest BCUT2D eigenvalue weighted by molar-refractivity contribution is 6.32. The van der Waals surface area contributed by atoms with E-state index < -0.39 is 18.0 Å². The first kappa shape index (κ1) is 15.7. The van der Waals surface area contributed by atoms with Crippen LogP contribution in [0.15, 0.2) is 12.1 Å². The largest absolute Gasteiger partial charge is 0.391 e. The molecule has 0 aromatic heterocycles. The molecule has 92 valence electrons. The summed E-state index contributed by atoms with van der Waals surface area (Å²) in [5.41, 5.74) is 6.70. The molecule has 2 atom stereocenters. The van der Waals surface area contributed by atoms with Crippen LogP contribution >= 0.6 is 24.0 Å². The lowest BCUT2D eigenvalue weighted by Crippen LogP contribution is -2.26. The predicted octanol–water partition coefficient (Wildman–Crippen LogP) is 2.98. The first-order valence-corrected chi connectivity index (χ1v) is 5.25. The van der Waals surface area contributed by atoms with E-state index >= 15 is 0 Å². The second-order valence-electron chi connectivity index (χ2n) is 3.59. The van der Waals surface area contributed by atoms with Gasteiger partial charge in [0.15, 0.2) is 0 Å². The third kappa shape index (κ3) is 3.08. The Morgan fingerprint density at radius 2 is 2.06 bits per heavy atom. The zero-order chi connectivity index (χ0) is 11.6. The smallest absolute Gasteiger partial charge is 0.129 e. The highest BCUT2D eigenvalue weighted by Crippen LogP contribution is 2.29. The van der Waals surface area contributed by atoms with Gasteiger partial charge in [-0.25, -0.2) is 4.39 Å². The number of rotatable bonds is 3. The molecule has 1 rings (SSSR count). The van der Waals surface area contributed by atoms with E-state index in [9.17, 15) is 9.50 Å². The van der Waals surface area contributed by atoms with E-state index in [1.807, 2.05) is 0 Å². The Kier molecular flexibility index (Phi) is 6.26. The number of halogens is 3. The van der Waals surface area contributed by atoms with Crippen molar-refractivity contribution in [2.75, 3.05) is 0 Å². The van der Waals surface area contributed by atoms with E-state index in [1.54, 1.807) is 19.9 Å². The SMILES string of the molecule is CC[C@@H](O)[C@@H](N)c1c(F)ccc(C)c1Cl.Cl. The van der Waals surface area contributed by atoms with Crippen LogP contribution in [-0.2, 0) is 0 Å². The molecule has 1 aromatic rings. The second kappa shape index (κ2) is 6.40. The standard InChI is InChI=1S/C11H15ClFNO.ClH/c1-3-8(15)11(14)9-7(13)5-4-6(2)10(9)12;/h4-5,8,11,15H,3,14H2,1-2H3;1H/t8-,11-;/m1./s1. The molecule has 0 saturated carbocycles. The maximum absolute atomic E-state index is 13.5. The lowest BCUT2D eigenvalue weighted by Gasteiger charge is -2.20. The summed E-state index contributed by atoms with van der Waals surface area (Å²) >= 11 is 5.96. The fourth-order valence-corrected chi connectivity index (χ4v) is 1.71. The van der Waals surface area contributed by atoms with Crippen LogP contribution in [-0.4, -0.2) is 11.2 Å². The van der Waals surface area contributed by atoms with Gasteiger partial charge in [0.25, 0.3) is 0 Å². The normalized spacial score (nSPS) is 14.1. The highest BCUT2D eigenvalue weighted by atomic mass is 35.5. The number of benzene rings is 1. The molecule has 2 nitrogen and oxygen atoms in total. The number of aryl methyl sites for hydroxylation is 1. The van der Waals surface area contributed by atoms with E-state index in [0.717, 1.165) is 5.56 Å². The van der Waals surface area contributed by atoms with Crippen molar-refractivity contribution in [2.45, 2.75) is 32.4 Å². The molecule has 1 aromatic carbocycles. The van der Waals surface area contributed by atoms with E-state index in [-0.39, 0.29) is 18.0 Å². The van der Waals surface area contributed by atoms with Gasteiger partial charge in [0, 0.05) is 5.56 Å². The third-order valence-electron chi connectivity index (χ3n) is 2.49. The van der Waals surface area contributed by atoms with Crippen LogP contribution in [0.2, 0.25) is 5.02 Å². The molecule has 0 fully saturated rings. The number of nitrogens with two attached hydrogens (primary N) is 1. The molecule has 0 aliphatic carbocycles. The molecule has 16 heavy (non-hydrogen) atoms. The van der Waals surface area contributed by atoms with Gasteiger partial charge >= 0.3 is 0 Å². The number of hydrogen-bond donors (Lipinski definition) is 2. The fourth-order valence-electron chi connectivity index (χ4n) is 1.43. The topological polar surface area (TPSA) is 46.2 Å². The summed E-state index contributed by atoms with van der Waals surface area (Å²) < 4.78 is 13.5. The van der Waals surface area contributed by atoms with Crippen molar-refractivity contribution in [3.05, 3.63) is 34.1 Å². The first-order chi connectivity index (χ1) is 6.99. The molecule has 0 aliphatic heterocycles. The van der Waals surface area contributed by atoms with Gasteiger partial charge in [0.05, 0.1) is 17.2 Å². The van der Waals surface area contributed by atoms with Crippen molar-refractivity contribution < 1.29 is 9.50 Å². The minimum Gasteiger partial charge on any atom is -0.391 e. The Hall–Kier alpha value is -0.350.